The van der Waals surface area contributed by atoms with E-state index in [1.54, 1.807) is 44.2 Å². The van der Waals surface area contributed by atoms with Crippen molar-refractivity contribution in [3.8, 4) is 11.8 Å². The van der Waals surface area contributed by atoms with Crippen LogP contribution < -0.4 is 4.90 Å². The van der Waals surface area contributed by atoms with Crippen LogP contribution >= 0.6 is 11.3 Å². The maximum atomic E-state index is 12.3. The molecule has 0 bridgehead atoms. The molecule has 1 aliphatic rings. The lowest BCUT2D eigenvalue weighted by atomic mass is 10.1. The number of hydrogen-bond donors (Lipinski definition) is 1. The molecule has 1 aliphatic heterocycles. The summed E-state index contributed by atoms with van der Waals surface area (Å²) in [7, 11) is 0. The molecule has 0 spiro atoms. The van der Waals surface area contributed by atoms with Crippen molar-refractivity contribution in [2.24, 2.45) is 0 Å². The number of carbonyl (C=O) groups excluding carboxylic acids is 1. The summed E-state index contributed by atoms with van der Waals surface area (Å²) in [6.07, 6.45) is 1.71. The molecular weight excluding hydrogens is 362 g/mol. The van der Waals surface area contributed by atoms with E-state index in [-0.39, 0.29) is 12.0 Å². The molecule has 1 aromatic carbocycles. The van der Waals surface area contributed by atoms with Crippen molar-refractivity contribution in [3.05, 3.63) is 47.0 Å². The van der Waals surface area contributed by atoms with Crippen molar-refractivity contribution in [2.75, 3.05) is 24.5 Å². The number of thiazole rings is 1. The van der Waals surface area contributed by atoms with Crippen LogP contribution in [0, 0.1) is 11.8 Å². The zero-order valence-electron chi connectivity index (χ0n) is 15.7. The first-order valence-corrected chi connectivity index (χ1v) is 9.60. The van der Waals surface area contributed by atoms with Gasteiger partial charge in [-0.1, -0.05) is 35.5 Å². The number of nitrogens with zero attached hydrogens (tertiary/aromatic N) is 3. The predicted octanol–water partition coefficient (Wildman–Crippen LogP) is 2.66. The van der Waals surface area contributed by atoms with Crippen LogP contribution in [0.15, 0.2) is 36.5 Å². The monoisotopic (exact) mass is 385 g/mol. The molecule has 1 fully saturated rings. The van der Waals surface area contributed by atoms with Gasteiger partial charge in [-0.15, -0.1) is 11.0 Å². The number of benzene rings is 1. The Morgan fingerprint density at radius 1 is 1.33 bits per heavy atom. The molecule has 1 saturated heterocycles. The first kappa shape index (κ1) is 19.4. The molecule has 1 aromatic heterocycles. The van der Waals surface area contributed by atoms with Gasteiger partial charge >= 0.3 is 5.97 Å². The summed E-state index contributed by atoms with van der Waals surface area (Å²) in [5, 5.41) is 12.6. The molecule has 6 nitrogen and oxygen atoms in total. The summed E-state index contributed by atoms with van der Waals surface area (Å²) >= 11 is 1.46. The van der Waals surface area contributed by atoms with Crippen LogP contribution in [0.3, 0.4) is 0 Å². The van der Waals surface area contributed by atoms with Gasteiger partial charge in [0, 0.05) is 12.7 Å². The number of hydroxylamine groups is 2. The van der Waals surface area contributed by atoms with E-state index in [0.717, 1.165) is 10.0 Å². The van der Waals surface area contributed by atoms with Crippen molar-refractivity contribution >= 4 is 22.4 Å². The van der Waals surface area contributed by atoms with Gasteiger partial charge in [0.15, 0.2) is 5.13 Å². The minimum atomic E-state index is -0.922. The Hall–Kier alpha value is -2.40. The SMILES string of the molecule is CC#C[C@H]1CN(OC(=O)c2ccccc2)CCN1c1ncc(C(C)(C)O)s1. The molecule has 142 valence electrons. The van der Waals surface area contributed by atoms with E-state index in [2.05, 4.69) is 21.7 Å². The van der Waals surface area contributed by atoms with Crippen molar-refractivity contribution in [1.82, 2.24) is 10.0 Å². The van der Waals surface area contributed by atoms with Crippen LogP contribution in [-0.4, -0.2) is 46.8 Å². The molecule has 2 heterocycles. The van der Waals surface area contributed by atoms with Crippen LogP contribution in [0.5, 0.6) is 0 Å². The lowest BCUT2D eigenvalue weighted by Gasteiger charge is -2.37. The molecule has 1 N–H and O–H groups in total. The van der Waals surface area contributed by atoms with Gasteiger partial charge in [-0.2, -0.15) is 0 Å². The lowest BCUT2D eigenvalue weighted by molar-refractivity contribution is -0.115. The minimum absolute atomic E-state index is 0.145. The third-order valence-electron chi connectivity index (χ3n) is 4.22. The first-order chi connectivity index (χ1) is 12.9. The van der Waals surface area contributed by atoms with Gasteiger partial charge in [-0.25, -0.2) is 9.78 Å². The van der Waals surface area contributed by atoms with Crippen LogP contribution in [0.2, 0.25) is 0 Å². The Bertz CT molecular complexity index is 849. The smallest absolute Gasteiger partial charge is 0.357 e. The van der Waals surface area contributed by atoms with Crippen molar-refractivity contribution in [1.29, 1.82) is 0 Å². The predicted molar refractivity (Wildman–Crippen MR) is 105 cm³/mol. The van der Waals surface area contributed by atoms with Gasteiger partial charge < -0.3 is 14.8 Å². The number of aliphatic hydroxyl groups is 1. The van der Waals surface area contributed by atoms with Gasteiger partial charge in [0.1, 0.15) is 6.04 Å². The van der Waals surface area contributed by atoms with Crippen LogP contribution in [0.1, 0.15) is 36.0 Å². The third-order valence-corrected chi connectivity index (χ3v) is 5.57. The third kappa shape index (κ3) is 4.66. The van der Waals surface area contributed by atoms with Crippen molar-refractivity contribution < 1.29 is 14.7 Å². The van der Waals surface area contributed by atoms with Crippen LogP contribution in [0.25, 0.3) is 0 Å². The summed E-state index contributed by atoms with van der Waals surface area (Å²) < 4.78 is 0. The second kappa shape index (κ2) is 8.09. The van der Waals surface area contributed by atoms with Gasteiger partial charge in [-0.3, -0.25) is 0 Å². The molecule has 0 saturated carbocycles. The standard InChI is InChI=1S/C20H23N3O3S/c1-4-8-16-14-22(26-18(24)15-9-6-5-7-10-15)11-12-23(16)19-21-13-17(27-19)20(2,3)25/h5-7,9-10,13,16,25H,11-12,14H2,1-3H3/t16-/m0/s1. The van der Waals surface area contributed by atoms with Crippen LogP contribution in [0.4, 0.5) is 5.13 Å². The highest BCUT2D eigenvalue weighted by Gasteiger charge is 2.31. The zero-order chi connectivity index (χ0) is 19.4. The average Bonchev–Trinajstić information content (AvgIpc) is 3.13. The van der Waals surface area contributed by atoms with E-state index in [0.29, 0.717) is 25.2 Å². The van der Waals surface area contributed by atoms with Gasteiger partial charge in [0.05, 0.1) is 29.1 Å². The van der Waals surface area contributed by atoms with E-state index >= 15 is 0 Å². The molecule has 0 unspecified atom stereocenters. The fourth-order valence-corrected chi connectivity index (χ4v) is 3.78. The number of anilines is 1. The maximum absolute atomic E-state index is 12.3. The minimum Gasteiger partial charge on any atom is -0.385 e. The number of carbonyl (C=O) groups is 1. The van der Waals surface area contributed by atoms with E-state index in [9.17, 15) is 9.90 Å². The Morgan fingerprint density at radius 3 is 2.70 bits per heavy atom. The number of hydrogen-bond acceptors (Lipinski definition) is 7. The van der Waals surface area contributed by atoms with E-state index in [4.69, 9.17) is 4.84 Å². The molecule has 3 rings (SSSR count). The molecule has 7 heteroatoms. The normalized spacial score (nSPS) is 17.9. The maximum Gasteiger partial charge on any atom is 0.357 e. The summed E-state index contributed by atoms with van der Waals surface area (Å²) in [6, 6.07) is 8.79. The first-order valence-electron chi connectivity index (χ1n) is 8.78. The Labute approximate surface area is 163 Å². The average molecular weight is 385 g/mol. The second-order valence-electron chi connectivity index (χ2n) is 6.80. The highest BCUT2D eigenvalue weighted by Crippen LogP contribution is 2.32. The molecule has 2 aromatic rings. The number of piperazine rings is 1. The van der Waals surface area contributed by atoms with Crippen molar-refractivity contribution in [3.63, 3.8) is 0 Å². The summed E-state index contributed by atoms with van der Waals surface area (Å²) in [5.41, 5.74) is -0.401. The lowest BCUT2D eigenvalue weighted by Crippen LogP contribution is -2.53. The van der Waals surface area contributed by atoms with E-state index in [1.165, 1.54) is 11.3 Å². The molecule has 0 radical (unpaired) electrons. The Morgan fingerprint density at radius 2 is 2.07 bits per heavy atom. The molecule has 0 aliphatic carbocycles. The van der Waals surface area contributed by atoms with Crippen molar-refractivity contribution in [2.45, 2.75) is 32.4 Å². The molecule has 1 atom stereocenters. The molecule has 0 amide bonds. The highest BCUT2D eigenvalue weighted by molar-refractivity contribution is 7.15. The molecular formula is C20H23N3O3S. The Kier molecular flexibility index (Phi) is 5.80. The van der Waals surface area contributed by atoms with Gasteiger partial charge in [0.2, 0.25) is 0 Å². The topological polar surface area (TPSA) is 65.9 Å². The molecule has 27 heavy (non-hydrogen) atoms. The largest absolute Gasteiger partial charge is 0.385 e. The Balaban J connectivity index is 1.71. The number of aromatic nitrogens is 1. The van der Waals surface area contributed by atoms with Crippen LogP contribution in [-0.2, 0) is 10.4 Å². The van der Waals surface area contributed by atoms with E-state index in [1.807, 2.05) is 18.2 Å². The fraction of sp³-hybridized carbons (Fsp3) is 0.400. The quantitative estimate of drug-likeness (QED) is 0.817. The second-order valence-corrected chi connectivity index (χ2v) is 7.81. The highest BCUT2D eigenvalue weighted by atomic mass is 32.1. The fourth-order valence-electron chi connectivity index (χ4n) is 2.78. The van der Waals surface area contributed by atoms with Gasteiger partial charge in [0.25, 0.3) is 0 Å². The summed E-state index contributed by atoms with van der Waals surface area (Å²) in [4.78, 5) is 25.2. The summed E-state index contributed by atoms with van der Waals surface area (Å²) in [6.45, 7) is 6.93. The number of rotatable bonds is 4. The summed E-state index contributed by atoms with van der Waals surface area (Å²) in [5.74, 6) is 5.75. The zero-order valence-corrected chi connectivity index (χ0v) is 16.5. The van der Waals surface area contributed by atoms with Gasteiger partial charge in [-0.05, 0) is 32.9 Å². The van der Waals surface area contributed by atoms with E-state index < -0.39 is 5.60 Å².